The summed E-state index contributed by atoms with van der Waals surface area (Å²) in [6, 6.07) is 8.90. The van der Waals surface area contributed by atoms with E-state index in [-0.39, 0.29) is 12.4 Å². The van der Waals surface area contributed by atoms with Crippen molar-refractivity contribution in [3.63, 3.8) is 0 Å². The Morgan fingerprint density at radius 3 is 2.72 bits per heavy atom. The minimum Gasteiger partial charge on any atom is -0.493 e. The lowest BCUT2D eigenvalue weighted by molar-refractivity contribution is 0.261. The van der Waals surface area contributed by atoms with E-state index in [1.807, 2.05) is 6.07 Å². The van der Waals surface area contributed by atoms with Crippen molar-refractivity contribution in [2.45, 2.75) is 39.8 Å². The molecule has 0 saturated carbocycles. The normalized spacial score (nSPS) is 11.2. The van der Waals surface area contributed by atoms with Crippen LogP contribution in [0.3, 0.4) is 0 Å². The fraction of sp³-hybridized carbons (Fsp3) is 0.364. The molecular formula is C22H27FN4O2. The fourth-order valence-corrected chi connectivity index (χ4v) is 2.99. The summed E-state index contributed by atoms with van der Waals surface area (Å²) < 4.78 is 19.5. The van der Waals surface area contributed by atoms with Crippen LogP contribution in [-0.4, -0.2) is 34.3 Å². The van der Waals surface area contributed by atoms with Crippen LogP contribution in [-0.2, 0) is 6.61 Å². The standard InChI is InChI=1S/C22H27FN4O2/c1-14(2)24-7-4-8-29-21-11-18-20(10-16(21)12-28)25-13-26-22(18)27-17-5-6-19(23)15(3)9-17/h5-6,9-11,13-14,24,28H,4,7-8,12H2,1-3H3,(H,25,26,27). The Morgan fingerprint density at radius 2 is 2.00 bits per heavy atom. The lowest BCUT2D eigenvalue weighted by Gasteiger charge is -2.14. The van der Waals surface area contributed by atoms with E-state index < -0.39 is 0 Å². The number of aryl methyl sites for hydroxylation is 1. The Bertz CT molecular complexity index is 978. The van der Waals surface area contributed by atoms with Crippen LogP contribution in [0.2, 0.25) is 0 Å². The number of anilines is 2. The molecule has 0 amide bonds. The maximum Gasteiger partial charge on any atom is 0.141 e. The van der Waals surface area contributed by atoms with Gasteiger partial charge in [0.15, 0.2) is 0 Å². The highest BCUT2D eigenvalue weighted by molar-refractivity contribution is 5.92. The Kier molecular flexibility index (Phi) is 6.95. The fourth-order valence-electron chi connectivity index (χ4n) is 2.99. The number of halogens is 1. The predicted octanol–water partition coefficient (Wildman–Crippen LogP) is 4.08. The second-order valence-corrected chi connectivity index (χ2v) is 7.26. The van der Waals surface area contributed by atoms with Gasteiger partial charge in [-0.05, 0) is 55.8 Å². The molecular weight excluding hydrogens is 371 g/mol. The summed E-state index contributed by atoms with van der Waals surface area (Å²) in [7, 11) is 0. The molecule has 0 saturated heterocycles. The smallest absolute Gasteiger partial charge is 0.141 e. The molecule has 1 aromatic heterocycles. The first-order chi connectivity index (χ1) is 14.0. The van der Waals surface area contributed by atoms with Crippen LogP contribution in [0.5, 0.6) is 5.75 Å². The molecule has 1 heterocycles. The number of benzene rings is 2. The van der Waals surface area contributed by atoms with Gasteiger partial charge in [-0.3, -0.25) is 0 Å². The van der Waals surface area contributed by atoms with E-state index in [2.05, 4.69) is 34.4 Å². The minimum atomic E-state index is -0.252. The van der Waals surface area contributed by atoms with Crippen LogP contribution in [0.1, 0.15) is 31.4 Å². The summed E-state index contributed by atoms with van der Waals surface area (Å²) in [5.74, 6) is 0.952. The summed E-state index contributed by atoms with van der Waals surface area (Å²) in [5, 5.41) is 17.1. The number of aliphatic hydroxyl groups excluding tert-OH is 1. The Balaban J connectivity index is 1.84. The van der Waals surface area contributed by atoms with Gasteiger partial charge in [-0.25, -0.2) is 14.4 Å². The zero-order valence-corrected chi connectivity index (χ0v) is 17.0. The number of hydrogen-bond donors (Lipinski definition) is 3. The third kappa shape index (κ3) is 5.40. The molecule has 0 unspecified atom stereocenters. The number of hydrogen-bond acceptors (Lipinski definition) is 6. The number of nitrogens with one attached hydrogen (secondary N) is 2. The molecule has 0 radical (unpaired) electrons. The van der Waals surface area contributed by atoms with Crippen LogP contribution in [0.25, 0.3) is 10.9 Å². The molecule has 154 valence electrons. The molecule has 0 bridgehead atoms. The highest BCUT2D eigenvalue weighted by Crippen LogP contribution is 2.30. The first-order valence-electron chi connectivity index (χ1n) is 9.75. The van der Waals surface area contributed by atoms with E-state index in [0.717, 1.165) is 24.0 Å². The molecule has 0 aliphatic heterocycles. The quantitative estimate of drug-likeness (QED) is 0.472. The van der Waals surface area contributed by atoms with Crippen molar-refractivity contribution in [3.8, 4) is 5.75 Å². The number of aliphatic hydroxyl groups is 1. The predicted molar refractivity (Wildman–Crippen MR) is 113 cm³/mol. The first-order valence-corrected chi connectivity index (χ1v) is 9.75. The monoisotopic (exact) mass is 398 g/mol. The summed E-state index contributed by atoms with van der Waals surface area (Å²) >= 11 is 0. The summed E-state index contributed by atoms with van der Waals surface area (Å²) in [6.45, 7) is 7.17. The SMILES string of the molecule is Cc1cc(Nc2ncnc3cc(CO)c(OCCCNC(C)C)cc23)ccc1F. The molecule has 6 nitrogen and oxygen atoms in total. The minimum absolute atomic E-state index is 0.139. The van der Waals surface area contributed by atoms with Crippen LogP contribution in [0.15, 0.2) is 36.7 Å². The molecule has 3 aromatic rings. The molecule has 0 spiro atoms. The van der Waals surface area contributed by atoms with E-state index in [4.69, 9.17) is 4.74 Å². The van der Waals surface area contributed by atoms with Gasteiger partial charge in [-0.2, -0.15) is 0 Å². The van der Waals surface area contributed by atoms with E-state index >= 15 is 0 Å². The summed E-state index contributed by atoms with van der Waals surface area (Å²) in [5.41, 5.74) is 2.66. The summed E-state index contributed by atoms with van der Waals surface area (Å²) in [6.07, 6.45) is 2.31. The zero-order chi connectivity index (χ0) is 20.8. The first kappa shape index (κ1) is 21.0. The molecule has 0 aliphatic carbocycles. The number of rotatable bonds is 9. The van der Waals surface area contributed by atoms with Gasteiger partial charge in [0, 0.05) is 22.7 Å². The Hall–Kier alpha value is -2.77. The van der Waals surface area contributed by atoms with Gasteiger partial charge in [0.2, 0.25) is 0 Å². The van der Waals surface area contributed by atoms with Gasteiger partial charge >= 0.3 is 0 Å². The topological polar surface area (TPSA) is 79.3 Å². The molecule has 3 rings (SSSR count). The van der Waals surface area contributed by atoms with Crippen molar-refractivity contribution < 1.29 is 14.2 Å². The van der Waals surface area contributed by atoms with Crippen molar-refractivity contribution in [1.82, 2.24) is 15.3 Å². The second-order valence-electron chi connectivity index (χ2n) is 7.26. The number of ether oxygens (including phenoxy) is 1. The average molecular weight is 398 g/mol. The zero-order valence-electron chi connectivity index (χ0n) is 17.0. The van der Waals surface area contributed by atoms with Gasteiger partial charge in [-0.1, -0.05) is 13.8 Å². The van der Waals surface area contributed by atoms with E-state index in [1.54, 1.807) is 25.1 Å². The molecule has 0 fully saturated rings. The van der Waals surface area contributed by atoms with Crippen LogP contribution in [0.4, 0.5) is 15.9 Å². The van der Waals surface area contributed by atoms with Gasteiger partial charge in [0.05, 0.1) is 18.7 Å². The molecule has 29 heavy (non-hydrogen) atoms. The van der Waals surface area contributed by atoms with Crippen molar-refractivity contribution in [3.05, 3.63) is 53.6 Å². The van der Waals surface area contributed by atoms with Gasteiger partial charge in [0.1, 0.15) is 23.7 Å². The maximum atomic E-state index is 13.5. The van der Waals surface area contributed by atoms with Crippen molar-refractivity contribution in [2.24, 2.45) is 0 Å². The average Bonchev–Trinajstić information content (AvgIpc) is 2.70. The van der Waals surface area contributed by atoms with Crippen molar-refractivity contribution in [2.75, 3.05) is 18.5 Å². The van der Waals surface area contributed by atoms with E-state index in [9.17, 15) is 9.50 Å². The van der Waals surface area contributed by atoms with E-state index in [0.29, 0.717) is 40.9 Å². The number of aromatic nitrogens is 2. The van der Waals surface area contributed by atoms with E-state index in [1.165, 1.54) is 12.4 Å². The molecule has 3 N–H and O–H groups in total. The third-order valence-corrected chi connectivity index (χ3v) is 4.54. The summed E-state index contributed by atoms with van der Waals surface area (Å²) in [4.78, 5) is 8.64. The molecule has 0 aliphatic rings. The lowest BCUT2D eigenvalue weighted by atomic mass is 10.1. The third-order valence-electron chi connectivity index (χ3n) is 4.54. The number of nitrogens with zero attached hydrogens (tertiary/aromatic N) is 2. The Morgan fingerprint density at radius 1 is 1.17 bits per heavy atom. The van der Waals surface area contributed by atoms with Crippen molar-refractivity contribution in [1.29, 1.82) is 0 Å². The van der Waals surface area contributed by atoms with Crippen molar-refractivity contribution >= 4 is 22.4 Å². The highest BCUT2D eigenvalue weighted by atomic mass is 19.1. The van der Waals surface area contributed by atoms with Crippen LogP contribution in [0, 0.1) is 12.7 Å². The molecule has 7 heteroatoms. The Labute approximate surface area is 170 Å². The molecule has 2 aromatic carbocycles. The maximum absolute atomic E-state index is 13.5. The largest absolute Gasteiger partial charge is 0.493 e. The van der Waals surface area contributed by atoms with Crippen LogP contribution < -0.4 is 15.4 Å². The van der Waals surface area contributed by atoms with Crippen LogP contribution >= 0.6 is 0 Å². The highest BCUT2D eigenvalue weighted by Gasteiger charge is 2.11. The molecule has 0 atom stereocenters. The van der Waals surface area contributed by atoms with Gasteiger partial charge in [-0.15, -0.1) is 0 Å². The second kappa shape index (κ2) is 9.62. The lowest BCUT2D eigenvalue weighted by Crippen LogP contribution is -2.24. The van der Waals surface area contributed by atoms with Gasteiger partial charge < -0.3 is 20.5 Å². The number of fused-ring (bicyclic) bond motifs is 1. The van der Waals surface area contributed by atoms with Gasteiger partial charge in [0.25, 0.3) is 0 Å².